The van der Waals surface area contributed by atoms with Gasteiger partial charge in [0.1, 0.15) is 0 Å². The van der Waals surface area contributed by atoms with Crippen molar-refractivity contribution >= 4 is 16.8 Å². The lowest BCUT2D eigenvalue weighted by atomic mass is 9.87. The fourth-order valence-electron chi connectivity index (χ4n) is 3.82. The van der Waals surface area contributed by atoms with Crippen molar-refractivity contribution in [2.24, 2.45) is 0 Å². The third kappa shape index (κ3) is 3.39. The maximum Gasteiger partial charge on any atom is 0.221 e. The molecule has 1 fully saturated rings. The van der Waals surface area contributed by atoms with E-state index in [1.54, 1.807) is 0 Å². The van der Waals surface area contributed by atoms with Gasteiger partial charge in [-0.25, -0.2) is 0 Å². The van der Waals surface area contributed by atoms with E-state index in [-0.39, 0.29) is 11.8 Å². The van der Waals surface area contributed by atoms with Gasteiger partial charge in [0.25, 0.3) is 0 Å². The first-order valence-corrected chi connectivity index (χ1v) is 9.60. The SMILES string of the molecule is CCc1cccc2c([C@H](CC(=O)NC3CC3)c3cccc(C)c3)c[nH]c12. The van der Waals surface area contributed by atoms with Crippen molar-refractivity contribution in [2.75, 3.05) is 0 Å². The van der Waals surface area contributed by atoms with Crippen molar-refractivity contribution in [3.63, 3.8) is 0 Å². The highest BCUT2D eigenvalue weighted by molar-refractivity contribution is 5.88. The number of carbonyl (C=O) groups excluding carboxylic acids is 1. The second kappa shape index (κ2) is 6.99. The molecule has 0 radical (unpaired) electrons. The first-order chi connectivity index (χ1) is 12.7. The minimum atomic E-state index is 0.0644. The smallest absolute Gasteiger partial charge is 0.221 e. The Kier molecular flexibility index (Phi) is 4.54. The van der Waals surface area contributed by atoms with Crippen LogP contribution in [-0.4, -0.2) is 16.9 Å². The lowest BCUT2D eigenvalue weighted by Crippen LogP contribution is -2.27. The maximum atomic E-state index is 12.6. The summed E-state index contributed by atoms with van der Waals surface area (Å²) in [6.07, 6.45) is 5.82. The monoisotopic (exact) mass is 346 g/mol. The van der Waals surface area contributed by atoms with E-state index in [1.165, 1.54) is 33.2 Å². The molecular formula is C23H26N2O. The molecule has 0 saturated heterocycles. The molecule has 2 N–H and O–H groups in total. The molecule has 1 aromatic heterocycles. The zero-order valence-electron chi connectivity index (χ0n) is 15.5. The average Bonchev–Trinajstić information content (AvgIpc) is 3.35. The second-order valence-corrected chi connectivity index (χ2v) is 7.45. The van der Waals surface area contributed by atoms with E-state index >= 15 is 0 Å². The summed E-state index contributed by atoms with van der Waals surface area (Å²) >= 11 is 0. The lowest BCUT2D eigenvalue weighted by molar-refractivity contribution is -0.121. The first-order valence-electron chi connectivity index (χ1n) is 9.60. The number of benzene rings is 2. The van der Waals surface area contributed by atoms with Gasteiger partial charge in [-0.3, -0.25) is 4.79 Å². The molecule has 1 amide bonds. The van der Waals surface area contributed by atoms with E-state index in [1.807, 2.05) is 0 Å². The highest BCUT2D eigenvalue weighted by Crippen LogP contribution is 2.35. The Hall–Kier alpha value is -2.55. The Balaban J connectivity index is 1.75. The van der Waals surface area contributed by atoms with Gasteiger partial charge in [-0.15, -0.1) is 0 Å². The molecule has 1 aliphatic rings. The van der Waals surface area contributed by atoms with E-state index in [4.69, 9.17) is 0 Å². The third-order valence-electron chi connectivity index (χ3n) is 5.37. The van der Waals surface area contributed by atoms with Gasteiger partial charge in [0.15, 0.2) is 0 Å². The lowest BCUT2D eigenvalue weighted by Gasteiger charge is -2.18. The molecule has 0 aliphatic heterocycles. The zero-order chi connectivity index (χ0) is 18.1. The van der Waals surface area contributed by atoms with Gasteiger partial charge >= 0.3 is 0 Å². The number of amides is 1. The summed E-state index contributed by atoms with van der Waals surface area (Å²) in [5, 5.41) is 4.38. The number of hydrogen-bond donors (Lipinski definition) is 2. The summed E-state index contributed by atoms with van der Waals surface area (Å²) in [5.41, 5.74) is 6.17. The van der Waals surface area contributed by atoms with Gasteiger partial charge in [-0.2, -0.15) is 0 Å². The predicted octanol–water partition coefficient (Wildman–Crippen LogP) is 4.84. The quantitative estimate of drug-likeness (QED) is 0.659. The van der Waals surface area contributed by atoms with Crippen molar-refractivity contribution in [1.29, 1.82) is 0 Å². The highest BCUT2D eigenvalue weighted by Gasteiger charge is 2.27. The number of carbonyl (C=O) groups is 1. The Morgan fingerprint density at radius 3 is 2.77 bits per heavy atom. The van der Waals surface area contributed by atoms with Gasteiger partial charge in [0.2, 0.25) is 5.91 Å². The number of aromatic amines is 1. The Labute approximate surface area is 154 Å². The number of rotatable bonds is 6. The molecule has 4 rings (SSSR count). The molecule has 0 bridgehead atoms. The molecule has 1 aliphatic carbocycles. The van der Waals surface area contributed by atoms with E-state index in [2.05, 4.69) is 72.8 Å². The predicted molar refractivity (Wildman–Crippen MR) is 106 cm³/mol. The number of nitrogens with one attached hydrogen (secondary N) is 2. The highest BCUT2D eigenvalue weighted by atomic mass is 16.1. The van der Waals surface area contributed by atoms with Crippen LogP contribution in [-0.2, 0) is 11.2 Å². The van der Waals surface area contributed by atoms with E-state index in [0.29, 0.717) is 12.5 Å². The molecule has 1 atom stereocenters. The Bertz CT molecular complexity index is 936. The normalized spacial score (nSPS) is 15.2. The van der Waals surface area contributed by atoms with Crippen LogP contribution in [0, 0.1) is 6.92 Å². The molecule has 1 heterocycles. The average molecular weight is 346 g/mol. The van der Waals surface area contributed by atoms with Crippen molar-refractivity contribution in [2.45, 2.75) is 51.5 Å². The van der Waals surface area contributed by atoms with Crippen LogP contribution in [0.5, 0.6) is 0 Å². The van der Waals surface area contributed by atoms with Crippen LogP contribution in [0.2, 0.25) is 0 Å². The summed E-state index contributed by atoms with van der Waals surface area (Å²) in [6, 6.07) is 15.4. The number of aryl methyl sites for hydroxylation is 2. The number of aromatic nitrogens is 1. The fraction of sp³-hybridized carbons (Fsp3) is 0.348. The fourth-order valence-corrected chi connectivity index (χ4v) is 3.82. The van der Waals surface area contributed by atoms with Gasteiger partial charge in [0.05, 0.1) is 0 Å². The van der Waals surface area contributed by atoms with Crippen LogP contribution in [0.25, 0.3) is 10.9 Å². The third-order valence-corrected chi connectivity index (χ3v) is 5.37. The molecule has 0 spiro atoms. The molecule has 134 valence electrons. The topological polar surface area (TPSA) is 44.9 Å². The van der Waals surface area contributed by atoms with Crippen molar-refractivity contribution in [1.82, 2.24) is 10.3 Å². The van der Waals surface area contributed by atoms with Crippen LogP contribution in [0.15, 0.2) is 48.7 Å². The number of hydrogen-bond acceptors (Lipinski definition) is 1. The van der Waals surface area contributed by atoms with E-state index in [9.17, 15) is 4.79 Å². The maximum absolute atomic E-state index is 12.6. The largest absolute Gasteiger partial charge is 0.361 e. The second-order valence-electron chi connectivity index (χ2n) is 7.45. The molecule has 2 aromatic carbocycles. The Morgan fingerprint density at radius 2 is 2.04 bits per heavy atom. The zero-order valence-corrected chi connectivity index (χ0v) is 15.5. The minimum Gasteiger partial charge on any atom is -0.361 e. The van der Waals surface area contributed by atoms with E-state index < -0.39 is 0 Å². The molecule has 0 unspecified atom stereocenters. The summed E-state index contributed by atoms with van der Waals surface area (Å²) in [6.45, 7) is 4.28. The summed E-state index contributed by atoms with van der Waals surface area (Å²) in [5.74, 6) is 0.217. The van der Waals surface area contributed by atoms with Crippen LogP contribution in [0.1, 0.15) is 54.4 Å². The van der Waals surface area contributed by atoms with Gasteiger partial charge in [-0.05, 0) is 42.9 Å². The van der Waals surface area contributed by atoms with Crippen molar-refractivity contribution in [3.8, 4) is 0 Å². The number of para-hydroxylation sites is 1. The van der Waals surface area contributed by atoms with Gasteiger partial charge in [-0.1, -0.05) is 55.0 Å². The minimum absolute atomic E-state index is 0.0644. The van der Waals surface area contributed by atoms with Crippen molar-refractivity contribution < 1.29 is 4.79 Å². The van der Waals surface area contributed by atoms with Crippen LogP contribution < -0.4 is 5.32 Å². The van der Waals surface area contributed by atoms with Gasteiger partial charge < -0.3 is 10.3 Å². The first kappa shape index (κ1) is 16.9. The molecule has 3 aromatic rings. The van der Waals surface area contributed by atoms with Crippen LogP contribution in [0.3, 0.4) is 0 Å². The summed E-state index contributed by atoms with van der Waals surface area (Å²) in [4.78, 5) is 16.1. The molecule has 1 saturated carbocycles. The van der Waals surface area contributed by atoms with Gasteiger partial charge in [0, 0.05) is 35.5 Å². The van der Waals surface area contributed by atoms with Crippen molar-refractivity contribution in [3.05, 3.63) is 70.9 Å². The van der Waals surface area contributed by atoms with Crippen LogP contribution >= 0.6 is 0 Å². The van der Waals surface area contributed by atoms with E-state index in [0.717, 1.165) is 19.3 Å². The molecule has 3 nitrogen and oxygen atoms in total. The number of fused-ring (bicyclic) bond motifs is 1. The Morgan fingerprint density at radius 1 is 1.23 bits per heavy atom. The summed E-state index contributed by atoms with van der Waals surface area (Å²) < 4.78 is 0. The standard InChI is InChI=1S/C23H26N2O/c1-3-16-7-5-9-19-21(14-24-23(16)19)20(13-22(26)25-18-10-11-18)17-8-4-6-15(2)12-17/h4-9,12,14,18,20,24H,3,10-11,13H2,1-2H3,(H,25,26)/t20-/m1/s1. The molecule has 3 heteroatoms. The number of H-pyrrole nitrogens is 1. The van der Waals surface area contributed by atoms with Crippen LogP contribution in [0.4, 0.5) is 0 Å². The molecule has 26 heavy (non-hydrogen) atoms. The molecular weight excluding hydrogens is 320 g/mol. The summed E-state index contributed by atoms with van der Waals surface area (Å²) in [7, 11) is 0.